The molecule has 2 aromatic heterocycles. The van der Waals surface area contributed by atoms with Gasteiger partial charge in [0.1, 0.15) is 0 Å². The topological polar surface area (TPSA) is 31.1 Å². The maximum absolute atomic E-state index is 3.73. The zero-order valence-corrected chi connectivity index (χ0v) is 15.7. The summed E-state index contributed by atoms with van der Waals surface area (Å²) in [5.74, 6) is 0. The Kier molecular flexibility index (Phi) is 5.20. The number of aromatic amines is 1. The van der Waals surface area contributed by atoms with Crippen LogP contribution in [0.5, 0.6) is 0 Å². The van der Waals surface area contributed by atoms with E-state index in [1.807, 2.05) is 11.3 Å². The molecule has 1 fully saturated rings. The number of hydrogen-bond acceptors (Lipinski definition) is 3. The summed E-state index contributed by atoms with van der Waals surface area (Å²) in [5.41, 5.74) is 4.07. The summed E-state index contributed by atoms with van der Waals surface area (Å²) < 4.78 is 0. The van der Waals surface area contributed by atoms with Crippen molar-refractivity contribution in [2.24, 2.45) is 0 Å². The molecule has 132 valence electrons. The molecule has 4 rings (SSSR count). The fourth-order valence-corrected chi connectivity index (χ4v) is 4.86. The molecule has 0 radical (unpaired) electrons. The monoisotopic (exact) mass is 353 g/mol. The Labute approximate surface area is 154 Å². The number of thiophene rings is 1. The molecule has 3 aromatic rings. The van der Waals surface area contributed by atoms with Crippen LogP contribution in [0.1, 0.15) is 41.8 Å². The summed E-state index contributed by atoms with van der Waals surface area (Å²) in [6, 6.07) is 11.6. The molecule has 1 aliphatic rings. The van der Waals surface area contributed by atoms with E-state index < -0.39 is 0 Å². The normalized spacial score (nSPS) is 16.7. The van der Waals surface area contributed by atoms with E-state index in [0.29, 0.717) is 6.04 Å². The van der Waals surface area contributed by atoms with Gasteiger partial charge in [0.2, 0.25) is 0 Å². The van der Waals surface area contributed by atoms with Crippen molar-refractivity contribution < 1.29 is 0 Å². The van der Waals surface area contributed by atoms with Crippen molar-refractivity contribution in [3.8, 4) is 0 Å². The number of benzene rings is 1. The molecule has 0 aliphatic carbocycles. The molecule has 0 bridgehead atoms. The lowest BCUT2D eigenvalue weighted by Crippen LogP contribution is -2.33. The minimum absolute atomic E-state index is 0.513. The SMILES string of the molecule is CCc1cccc2c(CNCC(c3cccs3)N3CCCC3)c[nH]c12. The number of aromatic nitrogens is 1. The third kappa shape index (κ3) is 3.52. The van der Waals surface area contributed by atoms with Crippen molar-refractivity contribution in [1.29, 1.82) is 0 Å². The second-order valence-corrected chi connectivity index (χ2v) is 7.89. The Morgan fingerprint density at radius 2 is 2.04 bits per heavy atom. The first kappa shape index (κ1) is 16.8. The zero-order valence-electron chi connectivity index (χ0n) is 14.9. The number of nitrogens with zero attached hydrogens (tertiary/aromatic N) is 1. The highest BCUT2D eigenvalue weighted by atomic mass is 32.1. The van der Waals surface area contributed by atoms with Crippen LogP contribution in [0.25, 0.3) is 10.9 Å². The molecule has 1 aromatic carbocycles. The van der Waals surface area contributed by atoms with Crippen LogP contribution >= 0.6 is 11.3 Å². The number of likely N-dealkylation sites (tertiary alicyclic amines) is 1. The van der Waals surface area contributed by atoms with Crippen LogP contribution in [0.3, 0.4) is 0 Å². The first-order valence-corrected chi connectivity index (χ1v) is 10.3. The van der Waals surface area contributed by atoms with Gasteiger partial charge in [-0.05, 0) is 54.9 Å². The molecule has 0 saturated carbocycles. The van der Waals surface area contributed by atoms with E-state index in [2.05, 4.69) is 64.0 Å². The van der Waals surface area contributed by atoms with Crippen molar-refractivity contribution in [1.82, 2.24) is 15.2 Å². The fourth-order valence-electron chi connectivity index (χ4n) is 4.00. The molecule has 1 atom stereocenters. The number of aryl methyl sites for hydroxylation is 1. The highest BCUT2D eigenvalue weighted by molar-refractivity contribution is 7.10. The van der Waals surface area contributed by atoms with Crippen molar-refractivity contribution in [2.75, 3.05) is 19.6 Å². The van der Waals surface area contributed by atoms with Gasteiger partial charge in [0, 0.05) is 35.1 Å². The predicted octanol–water partition coefficient (Wildman–Crippen LogP) is 4.72. The predicted molar refractivity (Wildman–Crippen MR) is 107 cm³/mol. The minimum atomic E-state index is 0.513. The summed E-state index contributed by atoms with van der Waals surface area (Å²) in [6.07, 6.45) is 5.92. The van der Waals surface area contributed by atoms with Crippen molar-refractivity contribution >= 4 is 22.2 Å². The minimum Gasteiger partial charge on any atom is -0.361 e. The van der Waals surface area contributed by atoms with Gasteiger partial charge in [-0.25, -0.2) is 0 Å². The van der Waals surface area contributed by atoms with Crippen LogP contribution in [0.15, 0.2) is 41.9 Å². The van der Waals surface area contributed by atoms with E-state index in [1.54, 1.807) is 0 Å². The number of hydrogen-bond donors (Lipinski definition) is 2. The van der Waals surface area contributed by atoms with Gasteiger partial charge in [0.25, 0.3) is 0 Å². The molecule has 3 nitrogen and oxygen atoms in total. The van der Waals surface area contributed by atoms with Gasteiger partial charge in [0.15, 0.2) is 0 Å². The summed E-state index contributed by atoms with van der Waals surface area (Å²) >= 11 is 1.89. The van der Waals surface area contributed by atoms with Gasteiger partial charge < -0.3 is 10.3 Å². The quantitative estimate of drug-likeness (QED) is 0.644. The molecule has 1 saturated heterocycles. The largest absolute Gasteiger partial charge is 0.361 e. The molecule has 25 heavy (non-hydrogen) atoms. The number of H-pyrrole nitrogens is 1. The maximum Gasteiger partial charge on any atom is 0.0566 e. The Morgan fingerprint density at radius 1 is 1.16 bits per heavy atom. The summed E-state index contributed by atoms with van der Waals surface area (Å²) in [4.78, 5) is 7.61. The van der Waals surface area contributed by atoms with E-state index >= 15 is 0 Å². The van der Waals surface area contributed by atoms with Gasteiger partial charge in [-0.3, -0.25) is 4.90 Å². The lowest BCUT2D eigenvalue weighted by molar-refractivity contribution is 0.242. The molecule has 2 N–H and O–H groups in total. The average molecular weight is 354 g/mol. The third-order valence-electron chi connectivity index (χ3n) is 5.37. The average Bonchev–Trinajstić information content (AvgIpc) is 3.40. The van der Waals surface area contributed by atoms with Gasteiger partial charge in [-0.2, -0.15) is 0 Å². The second-order valence-electron chi connectivity index (χ2n) is 6.91. The molecule has 0 spiro atoms. The Hall–Kier alpha value is -1.62. The van der Waals surface area contributed by atoms with Gasteiger partial charge in [-0.1, -0.05) is 31.2 Å². The van der Waals surface area contributed by atoms with E-state index in [4.69, 9.17) is 0 Å². The molecular formula is C21H27N3S. The second kappa shape index (κ2) is 7.73. The highest BCUT2D eigenvalue weighted by Gasteiger charge is 2.23. The standard InChI is InChI=1S/C21H27N3S/c1-2-16-7-5-8-18-17(14-23-21(16)18)13-22-15-19(20-9-6-12-25-20)24-10-3-4-11-24/h5-9,12,14,19,22-23H,2-4,10-11,13,15H2,1H3. The summed E-state index contributed by atoms with van der Waals surface area (Å²) in [6.45, 7) is 6.62. The Balaban J connectivity index is 1.45. The van der Waals surface area contributed by atoms with E-state index in [-0.39, 0.29) is 0 Å². The lowest BCUT2D eigenvalue weighted by Gasteiger charge is -2.27. The smallest absolute Gasteiger partial charge is 0.0566 e. The third-order valence-corrected chi connectivity index (χ3v) is 6.35. The van der Waals surface area contributed by atoms with Crippen LogP contribution in [0, 0.1) is 0 Å². The Bertz CT molecular complexity index is 800. The Morgan fingerprint density at radius 3 is 2.80 bits per heavy atom. The first-order chi connectivity index (χ1) is 12.4. The summed E-state index contributed by atoms with van der Waals surface area (Å²) in [7, 11) is 0. The van der Waals surface area contributed by atoms with Gasteiger partial charge in [0.05, 0.1) is 6.04 Å². The zero-order chi connectivity index (χ0) is 17.1. The van der Waals surface area contributed by atoms with E-state index in [1.165, 1.54) is 52.8 Å². The lowest BCUT2D eigenvalue weighted by atomic mass is 10.1. The van der Waals surface area contributed by atoms with Gasteiger partial charge >= 0.3 is 0 Å². The van der Waals surface area contributed by atoms with Crippen LogP contribution in [0.2, 0.25) is 0 Å². The van der Waals surface area contributed by atoms with Crippen molar-refractivity contribution in [2.45, 2.75) is 38.8 Å². The van der Waals surface area contributed by atoms with Crippen molar-refractivity contribution in [3.63, 3.8) is 0 Å². The molecule has 0 amide bonds. The van der Waals surface area contributed by atoms with Crippen LogP contribution < -0.4 is 5.32 Å². The van der Waals surface area contributed by atoms with E-state index in [0.717, 1.165) is 19.5 Å². The highest BCUT2D eigenvalue weighted by Crippen LogP contribution is 2.28. The van der Waals surface area contributed by atoms with E-state index in [9.17, 15) is 0 Å². The molecule has 4 heteroatoms. The van der Waals surface area contributed by atoms with Crippen LogP contribution in [0.4, 0.5) is 0 Å². The number of nitrogens with one attached hydrogen (secondary N) is 2. The van der Waals surface area contributed by atoms with Crippen molar-refractivity contribution in [3.05, 3.63) is 57.9 Å². The molecule has 1 aliphatic heterocycles. The summed E-state index contributed by atoms with van der Waals surface area (Å²) in [5, 5.41) is 7.29. The number of para-hydroxylation sites is 1. The van der Waals surface area contributed by atoms with Crippen LogP contribution in [-0.4, -0.2) is 29.5 Å². The molecular weight excluding hydrogens is 326 g/mol. The van der Waals surface area contributed by atoms with Crippen LogP contribution in [-0.2, 0) is 13.0 Å². The number of fused-ring (bicyclic) bond motifs is 1. The molecule has 3 heterocycles. The fraction of sp³-hybridized carbons (Fsp3) is 0.429. The number of rotatable bonds is 7. The maximum atomic E-state index is 3.73. The van der Waals surface area contributed by atoms with Gasteiger partial charge in [-0.15, -0.1) is 11.3 Å². The first-order valence-electron chi connectivity index (χ1n) is 9.43. The molecule has 1 unspecified atom stereocenters.